The Bertz CT molecular complexity index is 303. The van der Waals surface area contributed by atoms with Crippen LogP contribution in [0.4, 0.5) is 0 Å². The first-order chi connectivity index (χ1) is 9.09. The molecule has 0 aromatic rings. The highest BCUT2D eigenvalue weighted by Crippen LogP contribution is 2.24. The number of aliphatic hydroxyl groups excluding tert-OH is 1. The van der Waals surface area contributed by atoms with Gasteiger partial charge in [0.25, 0.3) is 0 Å². The molecule has 110 valence electrons. The number of rotatable bonds is 3. The van der Waals surface area contributed by atoms with Crippen molar-refractivity contribution in [1.29, 1.82) is 0 Å². The Morgan fingerprint density at radius 3 is 2.47 bits per heavy atom. The number of hydrogen-bond acceptors (Lipinski definition) is 4. The maximum Gasteiger partial charge on any atom is 0.242 e. The van der Waals surface area contributed by atoms with Gasteiger partial charge in [0, 0.05) is 32.2 Å². The van der Waals surface area contributed by atoms with Crippen LogP contribution in [0.3, 0.4) is 0 Å². The third-order valence-corrected chi connectivity index (χ3v) is 4.49. The molecule has 1 aliphatic carbocycles. The fraction of sp³-hybridized carbons (Fsp3) is 0.929. The summed E-state index contributed by atoms with van der Waals surface area (Å²) in [5, 5.41) is 9.43. The number of nitrogens with two attached hydrogens (primary N) is 1. The van der Waals surface area contributed by atoms with E-state index in [2.05, 4.69) is 4.90 Å². The van der Waals surface area contributed by atoms with Crippen LogP contribution < -0.4 is 5.73 Å². The Hall–Kier alpha value is -0.650. The van der Waals surface area contributed by atoms with Crippen molar-refractivity contribution in [3.8, 4) is 0 Å². The molecule has 0 bridgehead atoms. The third-order valence-electron chi connectivity index (χ3n) is 4.49. The van der Waals surface area contributed by atoms with Gasteiger partial charge < -0.3 is 15.7 Å². The summed E-state index contributed by atoms with van der Waals surface area (Å²) in [5.74, 6) is -0.108. The maximum absolute atomic E-state index is 12.1. The van der Waals surface area contributed by atoms with Crippen molar-refractivity contribution >= 4 is 5.91 Å². The minimum absolute atomic E-state index is 0.108. The van der Waals surface area contributed by atoms with Crippen molar-refractivity contribution in [2.45, 2.75) is 57.2 Å². The van der Waals surface area contributed by atoms with Crippen LogP contribution in [0.1, 0.15) is 39.0 Å². The largest absolute Gasteiger partial charge is 0.391 e. The van der Waals surface area contributed by atoms with E-state index in [1.165, 1.54) is 25.7 Å². The molecule has 0 unspecified atom stereocenters. The quantitative estimate of drug-likeness (QED) is 0.766. The standard InChI is InChI=1S/C14H27N3O2/c1-11(18)13(15)14(19)17-8-4-7-16(9-10-17)12-5-2-3-6-12/h11-13,18H,2-10,15H2,1H3/t11-,13+/m1/s1. The molecule has 1 aliphatic heterocycles. The Balaban J connectivity index is 1.87. The van der Waals surface area contributed by atoms with Crippen molar-refractivity contribution < 1.29 is 9.90 Å². The predicted molar refractivity (Wildman–Crippen MR) is 74.7 cm³/mol. The van der Waals surface area contributed by atoms with Crippen molar-refractivity contribution in [2.75, 3.05) is 26.2 Å². The summed E-state index contributed by atoms with van der Waals surface area (Å²) >= 11 is 0. The molecule has 1 saturated heterocycles. The van der Waals surface area contributed by atoms with E-state index in [9.17, 15) is 9.90 Å². The van der Waals surface area contributed by atoms with E-state index in [-0.39, 0.29) is 5.91 Å². The molecule has 0 aromatic carbocycles. The Morgan fingerprint density at radius 1 is 1.16 bits per heavy atom. The average molecular weight is 269 g/mol. The molecule has 1 saturated carbocycles. The summed E-state index contributed by atoms with van der Waals surface area (Å²) in [7, 11) is 0. The highest BCUT2D eigenvalue weighted by Gasteiger charge is 2.29. The maximum atomic E-state index is 12.1. The highest BCUT2D eigenvalue weighted by atomic mass is 16.3. The third kappa shape index (κ3) is 3.68. The number of amides is 1. The molecule has 2 rings (SSSR count). The van der Waals surface area contributed by atoms with E-state index in [4.69, 9.17) is 5.73 Å². The molecule has 0 spiro atoms. The summed E-state index contributed by atoms with van der Waals surface area (Å²) in [6, 6.07) is -0.0569. The van der Waals surface area contributed by atoms with Crippen LogP contribution in [0.25, 0.3) is 0 Å². The number of carbonyl (C=O) groups is 1. The van der Waals surface area contributed by atoms with E-state index in [1.54, 1.807) is 6.92 Å². The van der Waals surface area contributed by atoms with E-state index >= 15 is 0 Å². The van der Waals surface area contributed by atoms with Crippen LogP contribution in [0, 0.1) is 0 Å². The fourth-order valence-corrected chi connectivity index (χ4v) is 3.21. The first-order valence-corrected chi connectivity index (χ1v) is 7.56. The molecule has 2 aliphatic rings. The minimum atomic E-state index is -0.780. The Kier molecular flexibility index (Phi) is 5.19. The first-order valence-electron chi connectivity index (χ1n) is 7.56. The zero-order chi connectivity index (χ0) is 13.8. The van der Waals surface area contributed by atoms with Crippen LogP contribution in [0.2, 0.25) is 0 Å². The lowest BCUT2D eigenvalue weighted by Gasteiger charge is -2.28. The average Bonchev–Trinajstić information content (AvgIpc) is 2.81. The normalized spacial score (nSPS) is 26.2. The van der Waals surface area contributed by atoms with Gasteiger partial charge in [-0.1, -0.05) is 12.8 Å². The van der Waals surface area contributed by atoms with Crippen molar-refractivity contribution in [1.82, 2.24) is 9.80 Å². The molecule has 5 heteroatoms. The van der Waals surface area contributed by atoms with E-state index in [0.29, 0.717) is 0 Å². The zero-order valence-corrected chi connectivity index (χ0v) is 11.9. The van der Waals surface area contributed by atoms with Gasteiger partial charge in [-0.15, -0.1) is 0 Å². The summed E-state index contributed by atoms with van der Waals surface area (Å²) in [5.41, 5.74) is 5.74. The number of hydrogen-bond donors (Lipinski definition) is 2. The zero-order valence-electron chi connectivity index (χ0n) is 11.9. The van der Waals surface area contributed by atoms with Gasteiger partial charge in [0.1, 0.15) is 6.04 Å². The summed E-state index contributed by atoms with van der Waals surface area (Å²) in [6.07, 6.45) is 5.53. The number of carbonyl (C=O) groups excluding carboxylic acids is 1. The molecule has 1 heterocycles. The molecular formula is C14H27N3O2. The van der Waals surface area contributed by atoms with Crippen LogP contribution in [-0.2, 0) is 4.79 Å². The van der Waals surface area contributed by atoms with Gasteiger partial charge in [-0.3, -0.25) is 9.69 Å². The van der Waals surface area contributed by atoms with Gasteiger partial charge >= 0.3 is 0 Å². The highest BCUT2D eigenvalue weighted by molar-refractivity contribution is 5.82. The SMILES string of the molecule is C[C@@H](O)[C@H](N)C(=O)N1CCCN(C2CCCC2)CC1. The molecule has 0 radical (unpaired) electrons. The van der Waals surface area contributed by atoms with Crippen molar-refractivity contribution in [3.05, 3.63) is 0 Å². The smallest absolute Gasteiger partial charge is 0.242 e. The van der Waals surface area contributed by atoms with Crippen LogP contribution in [0.15, 0.2) is 0 Å². The molecule has 19 heavy (non-hydrogen) atoms. The fourth-order valence-electron chi connectivity index (χ4n) is 3.21. The number of aliphatic hydroxyl groups is 1. The van der Waals surface area contributed by atoms with E-state index < -0.39 is 12.1 Å². The Labute approximate surface area is 115 Å². The first kappa shape index (κ1) is 14.8. The predicted octanol–water partition coefficient (Wildman–Crippen LogP) is 0.171. The van der Waals surface area contributed by atoms with Gasteiger partial charge in [0.05, 0.1) is 6.10 Å². The van der Waals surface area contributed by atoms with Gasteiger partial charge in [-0.25, -0.2) is 0 Å². The monoisotopic (exact) mass is 269 g/mol. The lowest BCUT2D eigenvalue weighted by atomic mass is 10.1. The van der Waals surface area contributed by atoms with Crippen molar-refractivity contribution in [3.63, 3.8) is 0 Å². The lowest BCUT2D eigenvalue weighted by molar-refractivity contribution is -0.134. The Morgan fingerprint density at radius 2 is 1.84 bits per heavy atom. The number of nitrogens with zero attached hydrogens (tertiary/aromatic N) is 2. The molecule has 2 atom stereocenters. The second kappa shape index (κ2) is 6.68. The van der Waals surface area contributed by atoms with Crippen LogP contribution in [-0.4, -0.2) is 65.2 Å². The second-order valence-corrected chi connectivity index (χ2v) is 5.92. The van der Waals surface area contributed by atoms with E-state index in [0.717, 1.165) is 38.6 Å². The summed E-state index contributed by atoms with van der Waals surface area (Å²) in [6.45, 7) is 5.12. The van der Waals surface area contributed by atoms with Gasteiger partial charge in [0.2, 0.25) is 5.91 Å². The van der Waals surface area contributed by atoms with Gasteiger partial charge in [-0.05, 0) is 26.2 Å². The molecule has 0 aromatic heterocycles. The van der Waals surface area contributed by atoms with Gasteiger partial charge in [0.15, 0.2) is 0 Å². The molecule has 3 N–H and O–H groups in total. The second-order valence-electron chi connectivity index (χ2n) is 5.92. The molecule has 1 amide bonds. The molecule has 5 nitrogen and oxygen atoms in total. The van der Waals surface area contributed by atoms with Gasteiger partial charge in [-0.2, -0.15) is 0 Å². The van der Waals surface area contributed by atoms with Crippen molar-refractivity contribution in [2.24, 2.45) is 5.73 Å². The summed E-state index contributed by atoms with van der Waals surface area (Å²) < 4.78 is 0. The lowest BCUT2D eigenvalue weighted by Crippen LogP contribution is -2.50. The van der Waals surface area contributed by atoms with Crippen LogP contribution in [0.5, 0.6) is 0 Å². The van der Waals surface area contributed by atoms with Crippen LogP contribution >= 0.6 is 0 Å². The molecular weight excluding hydrogens is 242 g/mol. The molecule has 2 fully saturated rings. The minimum Gasteiger partial charge on any atom is -0.391 e. The summed E-state index contributed by atoms with van der Waals surface area (Å²) in [4.78, 5) is 16.5. The van der Waals surface area contributed by atoms with E-state index in [1.807, 2.05) is 4.90 Å². The topological polar surface area (TPSA) is 69.8 Å².